The van der Waals surface area contributed by atoms with Gasteiger partial charge in [0.25, 0.3) is 0 Å². The van der Waals surface area contributed by atoms with Crippen molar-refractivity contribution in [1.29, 1.82) is 0 Å². The summed E-state index contributed by atoms with van der Waals surface area (Å²) >= 11 is 8.58. The van der Waals surface area contributed by atoms with Gasteiger partial charge in [-0.1, -0.05) is 22.9 Å². The molecule has 28 heavy (non-hydrogen) atoms. The van der Waals surface area contributed by atoms with E-state index in [0.29, 0.717) is 26.7 Å². The summed E-state index contributed by atoms with van der Waals surface area (Å²) in [7, 11) is -4.80. The molecule has 2 aromatic carbocycles. The minimum Gasteiger partial charge on any atom is -0.375 e. The first-order chi connectivity index (χ1) is 13.2. The number of carbonyl (C=O) groups is 1. The zero-order chi connectivity index (χ0) is 20.1. The van der Waals surface area contributed by atoms with Crippen LogP contribution in [-0.2, 0) is 9.36 Å². The number of hydrogen-bond donors (Lipinski definition) is 4. The molecule has 7 nitrogen and oxygen atoms in total. The maximum absolute atomic E-state index is 12.9. The lowest BCUT2D eigenvalue weighted by atomic mass is 10.1. The van der Waals surface area contributed by atoms with Crippen LogP contribution in [0, 0.1) is 0 Å². The second-order valence-corrected chi connectivity index (χ2v) is 10.2. The average molecular weight is 454 g/mol. The SMILES string of the molecule is Nc1nc2ccc(NC(=O)C(c3csc4ccc(Cl)cc34)P(=O)(O)O)cc2s1. The lowest BCUT2D eigenvalue weighted by molar-refractivity contribution is -0.116. The van der Waals surface area contributed by atoms with Crippen LogP contribution in [0.3, 0.4) is 0 Å². The van der Waals surface area contributed by atoms with E-state index in [9.17, 15) is 19.1 Å². The van der Waals surface area contributed by atoms with Crippen LogP contribution in [0.25, 0.3) is 20.3 Å². The Labute approximate surface area is 171 Å². The summed E-state index contributed by atoms with van der Waals surface area (Å²) < 4.78 is 13.7. The summed E-state index contributed by atoms with van der Waals surface area (Å²) in [6.07, 6.45) is 0. The molecule has 0 aliphatic heterocycles. The number of nitrogens with zero attached hydrogens (tertiary/aromatic N) is 1. The van der Waals surface area contributed by atoms with E-state index >= 15 is 0 Å². The lowest BCUT2D eigenvalue weighted by Gasteiger charge is -2.18. The Morgan fingerprint density at radius 1 is 1.21 bits per heavy atom. The van der Waals surface area contributed by atoms with E-state index in [1.54, 1.807) is 41.8 Å². The minimum absolute atomic E-state index is 0.247. The molecule has 0 saturated carbocycles. The van der Waals surface area contributed by atoms with Gasteiger partial charge in [0.2, 0.25) is 5.91 Å². The van der Waals surface area contributed by atoms with Crippen LogP contribution in [0.5, 0.6) is 0 Å². The van der Waals surface area contributed by atoms with Crippen LogP contribution in [0.2, 0.25) is 5.02 Å². The largest absolute Gasteiger partial charge is 0.375 e. The number of amides is 1. The number of anilines is 2. The van der Waals surface area contributed by atoms with Gasteiger partial charge in [-0.15, -0.1) is 11.3 Å². The number of thiazole rings is 1. The summed E-state index contributed by atoms with van der Waals surface area (Å²) in [4.78, 5) is 36.8. The summed E-state index contributed by atoms with van der Waals surface area (Å²) in [5.41, 5.74) is 5.37. The number of halogens is 1. The van der Waals surface area contributed by atoms with Crippen molar-refractivity contribution >= 4 is 78.9 Å². The Morgan fingerprint density at radius 2 is 2.00 bits per heavy atom. The predicted molar refractivity (Wildman–Crippen MR) is 114 cm³/mol. The van der Waals surface area contributed by atoms with Gasteiger partial charge in [0.05, 0.1) is 10.2 Å². The Hall–Kier alpha value is -2.00. The Kier molecular flexibility index (Phi) is 4.91. The van der Waals surface area contributed by atoms with Gasteiger partial charge in [-0.25, -0.2) is 4.98 Å². The second-order valence-electron chi connectivity index (χ2n) is 6.05. The molecule has 1 atom stereocenters. The van der Waals surface area contributed by atoms with Gasteiger partial charge < -0.3 is 20.8 Å². The molecule has 0 fully saturated rings. The fraction of sp³-hybridized carbons (Fsp3) is 0.0588. The number of benzene rings is 2. The molecular formula is C17H13ClN3O4PS2. The predicted octanol–water partition coefficient (Wildman–Crippen LogP) is 4.60. The Bertz CT molecular complexity index is 1270. The molecule has 1 amide bonds. The molecule has 4 aromatic rings. The molecule has 2 heterocycles. The van der Waals surface area contributed by atoms with E-state index in [4.69, 9.17) is 17.3 Å². The van der Waals surface area contributed by atoms with Gasteiger partial charge in [0, 0.05) is 15.4 Å². The molecule has 0 radical (unpaired) electrons. The minimum atomic E-state index is -4.80. The lowest BCUT2D eigenvalue weighted by Crippen LogP contribution is -2.21. The quantitative estimate of drug-likeness (QED) is 0.334. The topological polar surface area (TPSA) is 126 Å². The van der Waals surface area contributed by atoms with Crippen molar-refractivity contribution in [2.75, 3.05) is 11.1 Å². The highest BCUT2D eigenvalue weighted by molar-refractivity contribution is 7.53. The van der Waals surface area contributed by atoms with Crippen molar-refractivity contribution in [3.05, 3.63) is 52.4 Å². The van der Waals surface area contributed by atoms with Gasteiger partial charge in [0.1, 0.15) is 0 Å². The highest BCUT2D eigenvalue weighted by Gasteiger charge is 2.39. The van der Waals surface area contributed by atoms with E-state index in [2.05, 4.69) is 10.3 Å². The number of nitrogens with one attached hydrogen (secondary N) is 1. The number of carbonyl (C=O) groups excluding carboxylic acids is 1. The normalized spacial score (nSPS) is 13.1. The highest BCUT2D eigenvalue weighted by Crippen LogP contribution is 2.54. The maximum atomic E-state index is 12.9. The van der Waals surface area contributed by atoms with E-state index in [-0.39, 0.29) is 5.56 Å². The third-order valence-corrected chi connectivity index (χ3v) is 7.37. The fourth-order valence-electron chi connectivity index (χ4n) is 2.94. The fourth-order valence-corrected chi connectivity index (χ4v) is 5.90. The molecule has 0 saturated heterocycles. The van der Waals surface area contributed by atoms with Gasteiger partial charge in [-0.05, 0) is 52.7 Å². The third-order valence-electron chi connectivity index (χ3n) is 4.12. The third kappa shape index (κ3) is 3.65. The maximum Gasteiger partial charge on any atom is 0.342 e. The van der Waals surface area contributed by atoms with Gasteiger partial charge in [-0.2, -0.15) is 0 Å². The molecule has 2 aromatic heterocycles. The molecule has 4 rings (SSSR count). The van der Waals surface area contributed by atoms with Crippen LogP contribution in [0.1, 0.15) is 11.2 Å². The first kappa shape index (κ1) is 19.3. The zero-order valence-electron chi connectivity index (χ0n) is 14.0. The molecule has 11 heteroatoms. The zero-order valence-corrected chi connectivity index (χ0v) is 17.3. The number of rotatable bonds is 4. The van der Waals surface area contributed by atoms with Crippen LogP contribution in [0.4, 0.5) is 10.8 Å². The summed E-state index contributed by atoms with van der Waals surface area (Å²) in [6.45, 7) is 0. The standard InChI is InChI=1S/C17H13ClN3O4PS2/c18-8-1-4-13-10(5-8)11(7-27-13)15(26(23,24)25)16(22)20-9-2-3-12-14(6-9)28-17(19)21-12/h1-7,15H,(H2,19,21)(H,20,22)(H2,23,24,25). The van der Waals surface area contributed by atoms with Crippen LogP contribution in [0.15, 0.2) is 41.8 Å². The van der Waals surface area contributed by atoms with Crippen molar-refractivity contribution in [2.45, 2.75) is 5.66 Å². The van der Waals surface area contributed by atoms with Gasteiger partial charge >= 0.3 is 7.60 Å². The van der Waals surface area contributed by atoms with Crippen molar-refractivity contribution in [2.24, 2.45) is 0 Å². The smallest absolute Gasteiger partial charge is 0.342 e. The Balaban J connectivity index is 1.73. The molecule has 144 valence electrons. The Morgan fingerprint density at radius 3 is 2.75 bits per heavy atom. The van der Waals surface area contributed by atoms with Gasteiger partial charge in [-0.3, -0.25) is 9.36 Å². The highest BCUT2D eigenvalue weighted by atomic mass is 35.5. The first-order valence-electron chi connectivity index (χ1n) is 7.91. The van der Waals surface area contributed by atoms with Crippen molar-refractivity contribution < 1.29 is 19.1 Å². The average Bonchev–Trinajstić information content (AvgIpc) is 3.16. The summed E-state index contributed by atoms with van der Waals surface area (Å²) in [6, 6.07) is 10.0. The number of hydrogen-bond acceptors (Lipinski definition) is 6. The van der Waals surface area contributed by atoms with Crippen molar-refractivity contribution in [3.63, 3.8) is 0 Å². The van der Waals surface area contributed by atoms with Crippen molar-refractivity contribution in [1.82, 2.24) is 4.98 Å². The summed E-state index contributed by atoms with van der Waals surface area (Å²) in [5.74, 6) is -0.801. The molecule has 0 spiro atoms. The van der Waals surface area contributed by atoms with E-state index in [1.165, 1.54) is 22.7 Å². The van der Waals surface area contributed by atoms with Gasteiger partial charge in [0.15, 0.2) is 10.8 Å². The first-order valence-corrected chi connectivity index (χ1v) is 11.7. The number of aromatic nitrogens is 1. The molecule has 1 unspecified atom stereocenters. The molecular weight excluding hydrogens is 441 g/mol. The monoisotopic (exact) mass is 453 g/mol. The van der Waals surface area contributed by atoms with E-state index in [1.807, 2.05) is 0 Å². The van der Waals surface area contributed by atoms with Crippen LogP contribution >= 0.6 is 41.9 Å². The van der Waals surface area contributed by atoms with Crippen molar-refractivity contribution in [3.8, 4) is 0 Å². The van der Waals surface area contributed by atoms with E-state index < -0.39 is 19.2 Å². The second kappa shape index (κ2) is 7.11. The molecule has 5 N–H and O–H groups in total. The van der Waals surface area contributed by atoms with Crippen LogP contribution in [-0.4, -0.2) is 20.7 Å². The number of fused-ring (bicyclic) bond motifs is 2. The molecule has 0 aliphatic rings. The molecule has 0 aliphatic carbocycles. The van der Waals surface area contributed by atoms with Crippen LogP contribution < -0.4 is 11.1 Å². The summed E-state index contributed by atoms with van der Waals surface area (Å²) in [5, 5.41) is 5.54. The number of thiophene rings is 1. The molecule has 0 bridgehead atoms. The van der Waals surface area contributed by atoms with E-state index in [0.717, 1.165) is 9.40 Å². The number of nitrogens with two attached hydrogens (primary N) is 1. The number of nitrogen functional groups attached to an aromatic ring is 1.